The molecule has 2 amide bonds. The molecule has 0 aromatic heterocycles. The fraction of sp³-hybridized carbons (Fsp3) is 0.800. The van der Waals surface area contributed by atoms with Crippen LogP contribution in [0.5, 0.6) is 0 Å². The van der Waals surface area contributed by atoms with E-state index in [4.69, 9.17) is 5.11 Å². The average Bonchev–Trinajstić information content (AvgIpc) is 2.17. The van der Waals surface area contributed by atoms with Crippen molar-refractivity contribution in [1.29, 1.82) is 0 Å². The molecule has 15 heavy (non-hydrogen) atoms. The van der Waals surface area contributed by atoms with Gasteiger partial charge >= 0.3 is 11.8 Å². The van der Waals surface area contributed by atoms with Crippen LogP contribution in [0.25, 0.3) is 0 Å². The molecule has 0 aromatic rings. The van der Waals surface area contributed by atoms with E-state index < -0.39 is 17.4 Å². The van der Waals surface area contributed by atoms with Crippen molar-refractivity contribution >= 4 is 11.8 Å². The van der Waals surface area contributed by atoms with Crippen LogP contribution in [0.1, 0.15) is 33.6 Å². The summed E-state index contributed by atoms with van der Waals surface area (Å²) in [6.07, 6.45) is 1.81. The Kier molecular flexibility index (Phi) is 5.93. The van der Waals surface area contributed by atoms with E-state index in [0.717, 1.165) is 12.8 Å². The van der Waals surface area contributed by atoms with Crippen LogP contribution in [0.2, 0.25) is 0 Å². The molecule has 3 N–H and O–H groups in total. The molecule has 5 heteroatoms. The molecule has 88 valence electrons. The number of nitrogens with one attached hydrogen (secondary N) is 2. The Morgan fingerprint density at radius 2 is 1.87 bits per heavy atom. The largest absolute Gasteiger partial charge is 0.394 e. The predicted molar refractivity (Wildman–Crippen MR) is 57.2 cm³/mol. The van der Waals surface area contributed by atoms with Crippen molar-refractivity contribution in [3.8, 4) is 0 Å². The number of carbonyl (C=O) groups excluding carboxylic acids is 2. The quantitative estimate of drug-likeness (QED) is 0.439. The van der Waals surface area contributed by atoms with Crippen molar-refractivity contribution in [2.45, 2.75) is 39.2 Å². The highest BCUT2D eigenvalue weighted by Gasteiger charge is 2.23. The van der Waals surface area contributed by atoms with Gasteiger partial charge in [0, 0.05) is 6.54 Å². The summed E-state index contributed by atoms with van der Waals surface area (Å²) in [7, 11) is 0. The van der Waals surface area contributed by atoms with Crippen LogP contribution < -0.4 is 10.6 Å². The maximum Gasteiger partial charge on any atom is 0.309 e. The monoisotopic (exact) mass is 216 g/mol. The molecule has 0 aromatic carbocycles. The zero-order chi connectivity index (χ0) is 11.9. The highest BCUT2D eigenvalue weighted by atomic mass is 16.3. The Hall–Kier alpha value is -1.10. The zero-order valence-electron chi connectivity index (χ0n) is 9.59. The summed E-state index contributed by atoms with van der Waals surface area (Å²) < 4.78 is 0. The lowest BCUT2D eigenvalue weighted by molar-refractivity contribution is -0.140. The lowest BCUT2D eigenvalue weighted by atomic mass is 10.1. The second-order valence-corrected chi connectivity index (χ2v) is 4.11. The summed E-state index contributed by atoms with van der Waals surface area (Å²) in [5.41, 5.74) is -0.765. The van der Waals surface area contributed by atoms with Crippen LogP contribution in [0.4, 0.5) is 0 Å². The molecule has 0 radical (unpaired) electrons. The summed E-state index contributed by atoms with van der Waals surface area (Å²) >= 11 is 0. The number of hydrogen-bond acceptors (Lipinski definition) is 3. The third kappa shape index (κ3) is 6.06. The van der Waals surface area contributed by atoms with Gasteiger partial charge in [0.2, 0.25) is 0 Å². The minimum absolute atomic E-state index is 0.207. The molecule has 0 atom stereocenters. The first-order valence-corrected chi connectivity index (χ1v) is 5.14. The summed E-state index contributed by atoms with van der Waals surface area (Å²) in [6, 6.07) is 0. The van der Waals surface area contributed by atoms with Gasteiger partial charge in [0.15, 0.2) is 0 Å². The molecule has 5 nitrogen and oxygen atoms in total. The lowest BCUT2D eigenvalue weighted by Gasteiger charge is -2.22. The van der Waals surface area contributed by atoms with Crippen LogP contribution in [0.3, 0.4) is 0 Å². The number of hydrogen-bond donors (Lipinski definition) is 3. The maximum atomic E-state index is 11.3. The number of carbonyl (C=O) groups is 2. The molecule has 0 aliphatic carbocycles. The third-order valence-electron chi connectivity index (χ3n) is 1.87. The standard InChI is InChI=1S/C10H20N2O3/c1-4-5-6-11-8(14)9(15)12-10(2,3)7-13/h13H,4-7H2,1-3H3,(H,11,14)(H,12,15). The fourth-order valence-electron chi connectivity index (χ4n) is 0.863. The van der Waals surface area contributed by atoms with Crippen molar-refractivity contribution in [2.75, 3.05) is 13.2 Å². The Balaban J connectivity index is 3.94. The first kappa shape index (κ1) is 13.9. The van der Waals surface area contributed by atoms with Gasteiger partial charge in [0.25, 0.3) is 0 Å². The van der Waals surface area contributed by atoms with Crippen LogP contribution in [0.15, 0.2) is 0 Å². The van der Waals surface area contributed by atoms with Crippen molar-refractivity contribution in [1.82, 2.24) is 10.6 Å². The van der Waals surface area contributed by atoms with E-state index in [-0.39, 0.29) is 6.61 Å². The van der Waals surface area contributed by atoms with Gasteiger partial charge in [-0.25, -0.2) is 0 Å². The molecule has 0 unspecified atom stereocenters. The lowest BCUT2D eigenvalue weighted by Crippen LogP contribution is -2.51. The van der Waals surface area contributed by atoms with E-state index in [1.165, 1.54) is 0 Å². The summed E-state index contributed by atoms with van der Waals surface area (Å²) in [5, 5.41) is 13.8. The second kappa shape index (κ2) is 6.40. The van der Waals surface area contributed by atoms with Gasteiger partial charge in [-0.3, -0.25) is 9.59 Å². The second-order valence-electron chi connectivity index (χ2n) is 4.11. The van der Waals surface area contributed by atoms with Gasteiger partial charge in [-0.15, -0.1) is 0 Å². The molecule has 0 rings (SSSR count). The van der Waals surface area contributed by atoms with Gasteiger partial charge in [0.1, 0.15) is 0 Å². The zero-order valence-corrected chi connectivity index (χ0v) is 9.59. The maximum absolute atomic E-state index is 11.3. The molecule has 0 aliphatic heterocycles. The normalized spacial score (nSPS) is 10.9. The van der Waals surface area contributed by atoms with Crippen LogP contribution in [-0.4, -0.2) is 35.6 Å². The molecule has 0 fully saturated rings. The Bertz CT molecular complexity index is 227. The highest BCUT2D eigenvalue weighted by Crippen LogP contribution is 1.98. The average molecular weight is 216 g/mol. The first-order valence-electron chi connectivity index (χ1n) is 5.14. The van der Waals surface area contributed by atoms with Crippen molar-refractivity contribution < 1.29 is 14.7 Å². The SMILES string of the molecule is CCCCNC(=O)C(=O)NC(C)(C)CO. The van der Waals surface area contributed by atoms with Crippen molar-refractivity contribution in [3.05, 3.63) is 0 Å². The molecule has 0 aliphatic rings. The Labute approximate surface area is 90.2 Å². The molecular weight excluding hydrogens is 196 g/mol. The van der Waals surface area contributed by atoms with Gasteiger partial charge in [-0.1, -0.05) is 13.3 Å². The molecule has 0 bridgehead atoms. The summed E-state index contributed by atoms with van der Waals surface area (Å²) in [4.78, 5) is 22.5. The summed E-state index contributed by atoms with van der Waals surface area (Å²) in [5.74, 6) is -1.35. The number of aliphatic hydroxyl groups is 1. The highest BCUT2D eigenvalue weighted by molar-refractivity contribution is 6.35. The van der Waals surface area contributed by atoms with Crippen LogP contribution >= 0.6 is 0 Å². The van der Waals surface area contributed by atoms with Gasteiger partial charge in [-0.05, 0) is 20.3 Å². The van der Waals surface area contributed by atoms with E-state index in [1.807, 2.05) is 6.92 Å². The number of amides is 2. The minimum atomic E-state index is -0.765. The number of rotatable bonds is 5. The van der Waals surface area contributed by atoms with Crippen molar-refractivity contribution in [3.63, 3.8) is 0 Å². The molecule has 0 heterocycles. The smallest absolute Gasteiger partial charge is 0.309 e. The Morgan fingerprint density at radius 3 is 2.33 bits per heavy atom. The predicted octanol–water partition coefficient (Wildman–Crippen LogP) is -0.210. The van der Waals surface area contributed by atoms with Crippen LogP contribution in [-0.2, 0) is 9.59 Å². The molecule has 0 saturated carbocycles. The van der Waals surface area contributed by atoms with Crippen molar-refractivity contribution in [2.24, 2.45) is 0 Å². The van der Waals surface area contributed by atoms with E-state index in [1.54, 1.807) is 13.8 Å². The van der Waals surface area contributed by atoms with E-state index >= 15 is 0 Å². The van der Waals surface area contributed by atoms with Gasteiger partial charge in [0.05, 0.1) is 12.1 Å². The van der Waals surface area contributed by atoms with Gasteiger partial charge in [-0.2, -0.15) is 0 Å². The number of aliphatic hydroxyl groups excluding tert-OH is 1. The minimum Gasteiger partial charge on any atom is -0.394 e. The van der Waals surface area contributed by atoms with E-state index in [2.05, 4.69) is 10.6 Å². The topological polar surface area (TPSA) is 78.4 Å². The molecule has 0 spiro atoms. The summed E-state index contributed by atoms with van der Waals surface area (Å²) in [6.45, 7) is 5.58. The first-order chi connectivity index (χ1) is 6.93. The van der Waals surface area contributed by atoms with E-state index in [0.29, 0.717) is 6.54 Å². The van der Waals surface area contributed by atoms with E-state index in [9.17, 15) is 9.59 Å². The molecular formula is C10H20N2O3. The number of unbranched alkanes of at least 4 members (excludes halogenated alkanes) is 1. The molecule has 0 saturated heterocycles. The fourth-order valence-corrected chi connectivity index (χ4v) is 0.863. The van der Waals surface area contributed by atoms with Crippen LogP contribution in [0, 0.1) is 0 Å². The van der Waals surface area contributed by atoms with Gasteiger partial charge < -0.3 is 15.7 Å². The Morgan fingerprint density at radius 1 is 1.27 bits per heavy atom. The third-order valence-corrected chi connectivity index (χ3v) is 1.87.